The number of amides is 2. The van der Waals surface area contributed by atoms with Crippen LogP contribution in [0.25, 0.3) is 21.8 Å². The Labute approximate surface area is 237 Å². The Hall–Kier alpha value is -4.98. The number of aromatic nitrogens is 2. The molecule has 1 aliphatic carbocycles. The largest absolute Gasteiger partial charge is 0.493 e. The number of nitrogens with two attached hydrogens (primary N) is 1. The Kier molecular flexibility index (Phi) is 6.77. The van der Waals surface area contributed by atoms with Crippen LogP contribution < -0.4 is 20.8 Å². The van der Waals surface area contributed by atoms with Crippen molar-refractivity contribution in [3.63, 3.8) is 0 Å². The van der Waals surface area contributed by atoms with Crippen LogP contribution >= 0.6 is 0 Å². The highest BCUT2D eigenvalue weighted by Gasteiger charge is 2.32. The van der Waals surface area contributed by atoms with E-state index < -0.39 is 28.8 Å². The first-order valence-corrected chi connectivity index (χ1v) is 13.4. The molecule has 2 aliphatic rings. The summed E-state index contributed by atoms with van der Waals surface area (Å²) in [5.74, 6) is -2.00. The fraction of sp³-hybridized carbons (Fsp3) is 0.321. The molecule has 14 heteroatoms. The number of pyridine rings is 1. The zero-order valence-electron chi connectivity index (χ0n) is 22.7. The zero-order valence-corrected chi connectivity index (χ0v) is 22.7. The Morgan fingerprint density at radius 2 is 1.86 bits per heavy atom. The van der Waals surface area contributed by atoms with Crippen molar-refractivity contribution in [3.8, 4) is 11.6 Å². The standard InChI is InChI=1S/C28H28FN7O6/c1-42-25-22-17(24(37)18(27(39)40)13-35(22)15-6-7-15)12-19(29)23(25)34-10-8-33(9-11-34)14-36-20-5-3-2-4-16(20)21(26(36)38)31-32-28(30)41/h2-5,12-13,15,38H,6-11,14H2,1H3,(H2,30,41)(H,39,40). The number of hydrogen-bond donors (Lipinski definition) is 3. The van der Waals surface area contributed by atoms with E-state index in [0.29, 0.717) is 49.3 Å². The van der Waals surface area contributed by atoms with E-state index in [9.17, 15) is 24.6 Å². The first kappa shape index (κ1) is 27.2. The van der Waals surface area contributed by atoms with E-state index in [-0.39, 0.29) is 34.4 Å². The van der Waals surface area contributed by atoms with Crippen molar-refractivity contribution in [2.45, 2.75) is 25.6 Å². The number of anilines is 1. The monoisotopic (exact) mass is 577 g/mol. The molecule has 0 bridgehead atoms. The van der Waals surface area contributed by atoms with Crippen LogP contribution in [0.3, 0.4) is 0 Å². The Bertz CT molecular complexity index is 1840. The van der Waals surface area contributed by atoms with Crippen LogP contribution in [0.5, 0.6) is 11.6 Å². The number of carbonyl (C=O) groups excluding carboxylic acids is 1. The van der Waals surface area contributed by atoms with Crippen molar-refractivity contribution in [1.82, 2.24) is 14.0 Å². The van der Waals surface area contributed by atoms with E-state index >= 15 is 4.39 Å². The van der Waals surface area contributed by atoms with Gasteiger partial charge in [0.15, 0.2) is 17.3 Å². The topological polar surface area (TPSA) is 168 Å². The fourth-order valence-corrected chi connectivity index (χ4v) is 5.65. The molecule has 6 rings (SSSR count). The Morgan fingerprint density at radius 3 is 2.50 bits per heavy atom. The van der Waals surface area contributed by atoms with Crippen LogP contribution in [-0.4, -0.2) is 69.5 Å². The number of benzene rings is 2. The highest BCUT2D eigenvalue weighted by molar-refractivity contribution is 5.97. The van der Waals surface area contributed by atoms with E-state index in [4.69, 9.17) is 10.5 Å². The molecule has 4 aromatic rings. The summed E-state index contributed by atoms with van der Waals surface area (Å²) in [6, 6.07) is 7.32. The predicted octanol–water partition coefficient (Wildman–Crippen LogP) is 3.78. The van der Waals surface area contributed by atoms with Crippen molar-refractivity contribution in [2.24, 2.45) is 16.0 Å². The fourth-order valence-electron chi connectivity index (χ4n) is 5.65. The maximum atomic E-state index is 15.7. The number of carboxylic acid groups (broad SMARTS) is 1. The van der Waals surface area contributed by atoms with Gasteiger partial charge in [0.05, 0.1) is 30.2 Å². The highest BCUT2D eigenvalue weighted by Crippen LogP contribution is 2.44. The van der Waals surface area contributed by atoms with Crippen LogP contribution in [0, 0.1) is 5.82 Å². The number of piperazine rings is 1. The van der Waals surface area contributed by atoms with Crippen LogP contribution in [0.2, 0.25) is 0 Å². The molecule has 0 unspecified atom stereocenters. The summed E-state index contributed by atoms with van der Waals surface area (Å²) in [5, 5.41) is 28.3. The number of aromatic carboxylic acids is 1. The Balaban J connectivity index is 1.31. The lowest BCUT2D eigenvalue weighted by Gasteiger charge is -2.37. The minimum atomic E-state index is -1.36. The summed E-state index contributed by atoms with van der Waals surface area (Å²) in [7, 11) is 1.41. The van der Waals surface area contributed by atoms with Crippen molar-refractivity contribution in [3.05, 3.63) is 58.1 Å². The van der Waals surface area contributed by atoms with Crippen LogP contribution in [-0.2, 0) is 6.67 Å². The number of primary amides is 1. The molecule has 218 valence electrons. The van der Waals surface area contributed by atoms with E-state index in [1.54, 1.807) is 21.3 Å². The molecule has 2 fully saturated rings. The van der Waals surface area contributed by atoms with Gasteiger partial charge in [-0.1, -0.05) is 23.3 Å². The third-order valence-corrected chi connectivity index (χ3v) is 7.77. The minimum Gasteiger partial charge on any atom is -0.493 e. The van der Waals surface area contributed by atoms with E-state index in [0.717, 1.165) is 18.9 Å². The molecule has 4 N–H and O–H groups in total. The number of urea groups is 1. The number of halogens is 1. The summed E-state index contributed by atoms with van der Waals surface area (Å²) in [6.07, 6.45) is 2.97. The highest BCUT2D eigenvalue weighted by atomic mass is 19.1. The molecule has 1 saturated carbocycles. The number of rotatable bonds is 7. The molecule has 0 spiro atoms. The maximum Gasteiger partial charge on any atom is 0.356 e. The first-order chi connectivity index (χ1) is 20.2. The van der Waals surface area contributed by atoms with Gasteiger partial charge in [0, 0.05) is 43.8 Å². The second kappa shape index (κ2) is 10.4. The molecule has 1 saturated heterocycles. The summed E-state index contributed by atoms with van der Waals surface area (Å²) in [5.41, 5.74) is 5.36. The third kappa shape index (κ3) is 4.59. The Morgan fingerprint density at radius 1 is 1.14 bits per heavy atom. The van der Waals surface area contributed by atoms with Crippen molar-refractivity contribution < 1.29 is 28.9 Å². The molecule has 0 radical (unpaired) electrons. The van der Waals surface area contributed by atoms with E-state index in [1.807, 2.05) is 17.0 Å². The minimum absolute atomic E-state index is 0.00623. The van der Waals surface area contributed by atoms with Gasteiger partial charge in [0.25, 0.3) is 0 Å². The molecule has 13 nitrogen and oxygen atoms in total. The number of ether oxygens (including phenoxy) is 1. The van der Waals surface area contributed by atoms with E-state index in [1.165, 1.54) is 13.3 Å². The molecule has 42 heavy (non-hydrogen) atoms. The molecular formula is C28H28FN7O6. The second-order valence-corrected chi connectivity index (χ2v) is 10.4. The van der Waals surface area contributed by atoms with Crippen LogP contribution in [0.1, 0.15) is 29.2 Å². The predicted molar refractivity (Wildman–Crippen MR) is 151 cm³/mol. The summed E-state index contributed by atoms with van der Waals surface area (Å²) in [4.78, 5) is 39.8. The van der Waals surface area contributed by atoms with Crippen LogP contribution in [0.15, 0.2) is 51.6 Å². The molecule has 2 aromatic heterocycles. The van der Waals surface area contributed by atoms with Gasteiger partial charge < -0.3 is 30.2 Å². The zero-order chi connectivity index (χ0) is 29.7. The number of para-hydroxylation sites is 1. The normalized spacial score (nSPS) is 16.1. The van der Waals surface area contributed by atoms with Gasteiger partial charge in [-0.3, -0.25) is 14.3 Å². The van der Waals surface area contributed by atoms with E-state index in [2.05, 4.69) is 15.1 Å². The summed E-state index contributed by atoms with van der Waals surface area (Å²) in [6.45, 7) is 2.11. The molecule has 2 aromatic carbocycles. The van der Waals surface area contributed by atoms with Gasteiger partial charge in [-0.25, -0.2) is 14.0 Å². The number of carbonyl (C=O) groups is 2. The molecule has 1 aliphatic heterocycles. The number of azo groups is 1. The second-order valence-electron chi connectivity index (χ2n) is 10.4. The summed E-state index contributed by atoms with van der Waals surface area (Å²) >= 11 is 0. The SMILES string of the molecule is COc1c(N2CCN(Cn3c(O)c(N=NC(N)=O)c4ccccc43)CC2)c(F)cc2c(=O)c(C(=O)O)cn(C3CC3)c12. The van der Waals surface area contributed by atoms with Gasteiger partial charge in [-0.15, -0.1) is 5.11 Å². The third-order valence-electron chi connectivity index (χ3n) is 7.77. The van der Waals surface area contributed by atoms with Crippen LogP contribution in [0.4, 0.5) is 20.6 Å². The van der Waals surface area contributed by atoms with Gasteiger partial charge in [0.2, 0.25) is 11.3 Å². The maximum absolute atomic E-state index is 15.7. The molecule has 3 heterocycles. The smallest absolute Gasteiger partial charge is 0.356 e. The molecular weight excluding hydrogens is 549 g/mol. The number of hydrogen-bond acceptors (Lipinski definition) is 8. The number of fused-ring (bicyclic) bond motifs is 2. The lowest BCUT2D eigenvalue weighted by atomic mass is 10.1. The molecule has 2 amide bonds. The van der Waals surface area contributed by atoms with Gasteiger partial charge in [0.1, 0.15) is 11.3 Å². The average Bonchev–Trinajstić information content (AvgIpc) is 3.78. The molecule has 0 atom stereocenters. The first-order valence-electron chi connectivity index (χ1n) is 13.4. The quantitative estimate of drug-likeness (QED) is 0.279. The number of aromatic hydroxyl groups is 1. The van der Waals surface area contributed by atoms with Gasteiger partial charge in [-0.05, 0) is 25.0 Å². The number of carboxylic acids is 1. The van der Waals surface area contributed by atoms with Crippen molar-refractivity contribution in [1.29, 1.82) is 0 Å². The van der Waals surface area contributed by atoms with Gasteiger partial charge >= 0.3 is 12.0 Å². The lowest BCUT2D eigenvalue weighted by molar-refractivity contribution is 0.0694. The van der Waals surface area contributed by atoms with Crippen molar-refractivity contribution >= 4 is 45.2 Å². The summed E-state index contributed by atoms with van der Waals surface area (Å²) < 4.78 is 24.8. The van der Waals surface area contributed by atoms with Gasteiger partial charge in [-0.2, -0.15) is 0 Å². The number of methoxy groups -OCH3 is 1. The van der Waals surface area contributed by atoms with Crippen molar-refractivity contribution in [2.75, 3.05) is 38.2 Å². The lowest BCUT2D eigenvalue weighted by Crippen LogP contribution is -2.47. The average molecular weight is 578 g/mol. The number of nitrogens with zero attached hydrogens (tertiary/aromatic N) is 6.